The lowest BCUT2D eigenvalue weighted by Crippen LogP contribution is -2.35. The van der Waals surface area contributed by atoms with Crippen LogP contribution in [0.3, 0.4) is 0 Å². The van der Waals surface area contributed by atoms with E-state index < -0.39 is 15.9 Å². The molecule has 0 bridgehead atoms. The van der Waals surface area contributed by atoms with Crippen LogP contribution in [0.4, 0.5) is 0 Å². The van der Waals surface area contributed by atoms with Crippen molar-refractivity contribution in [2.24, 2.45) is 0 Å². The number of rotatable bonds is 7. The van der Waals surface area contributed by atoms with Gasteiger partial charge in [0.1, 0.15) is 5.76 Å². The van der Waals surface area contributed by atoms with Crippen molar-refractivity contribution >= 4 is 27.5 Å². The maximum atomic E-state index is 11.9. The highest BCUT2D eigenvalue weighted by molar-refractivity contribution is 7.89. The molecule has 0 unspecified atom stereocenters. The average Bonchev–Trinajstić information content (AvgIpc) is 3.02. The molecule has 1 aromatic heterocycles. The normalized spacial score (nSPS) is 11.4. The van der Waals surface area contributed by atoms with Crippen LogP contribution in [0.1, 0.15) is 17.5 Å². The van der Waals surface area contributed by atoms with E-state index in [2.05, 4.69) is 10.0 Å². The number of sulfonamides is 1. The van der Waals surface area contributed by atoms with E-state index in [9.17, 15) is 13.2 Å². The third-order valence-corrected chi connectivity index (χ3v) is 4.73. The van der Waals surface area contributed by atoms with Gasteiger partial charge >= 0.3 is 0 Å². The van der Waals surface area contributed by atoms with E-state index in [4.69, 9.17) is 16.0 Å². The van der Waals surface area contributed by atoms with E-state index in [0.29, 0.717) is 10.8 Å². The van der Waals surface area contributed by atoms with Gasteiger partial charge in [0.05, 0.1) is 5.75 Å². The second-order valence-corrected chi connectivity index (χ2v) is 7.26. The van der Waals surface area contributed by atoms with Gasteiger partial charge in [0, 0.05) is 23.7 Å². The largest absolute Gasteiger partial charge is 0.451 e. The second-order valence-electron chi connectivity index (χ2n) is 4.72. The van der Waals surface area contributed by atoms with Crippen molar-refractivity contribution < 1.29 is 17.6 Å². The van der Waals surface area contributed by atoms with E-state index >= 15 is 0 Å². The summed E-state index contributed by atoms with van der Waals surface area (Å²) in [5, 5.41) is 3.21. The molecule has 0 spiro atoms. The summed E-state index contributed by atoms with van der Waals surface area (Å²) in [6.07, 6.45) is 0. The first kappa shape index (κ1) is 17.5. The standard InChI is InChI=1S/C15H17ClN2O4S/c1-2-23(20,21)18-10-9-17-15(19)14-8-7-13(22-14)11-3-5-12(16)6-4-11/h3-8,18H,2,9-10H2,1H3,(H,17,19). The highest BCUT2D eigenvalue weighted by Gasteiger charge is 2.12. The Hall–Kier alpha value is -1.83. The summed E-state index contributed by atoms with van der Waals surface area (Å²) in [5.74, 6) is 0.316. The van der Waals surface area contributed by atoms with Crippen LogP contribution in [0.5, 0.6) is 0 Å². The molecule has 0 fully saturated rings. The van der Waals surface area contributed by atoms with Gasteiger partial charge in [-0.15, -0.1) is 0 Å². The number of amides is 1. The van der Waals surface area contributed by atoms with Gasteiger partial charge in [0.25, 0.3) is 5.91 Å². The molecule has 124 valence electrons. The molecule has 1 amide bonds. The number of furan rings is 1. The number of hydrogen-bond donors (Lipinski definition) is 2. The summed E-state index contributed by atoms with van der Waals surface area (Å²) in [4.78, 5) is 11.9. The minimum atomic E-state index is -3.25. The molecule has 1 heterocycles. The molecule has 8 heteroatoms. The zero-order valence-electron chi connectivity index (χ0n) is 12.5. The summed E-state index contributed by atoms with van der Waals surface area (Å²) < 4.78 is 30.4. The van der Waals surface area contributed by atoms with Gasteiger partial charge in [-0.05, 0) is 43.3 Å². The third kappa shape index (κ3) is 5.09. The molecule has 0 aliphatic rings. The number of benzene rings is 1. The van der Waals surface area contributed by atoms with Crippen LogP contribution in [0.25, 0.3) is 11.3 Å². The quantitative estimate of drug-likeness (QED) is 0.745. The molecule has 0 aliphatic carbocycles. The van der Waals surface area contributed by atoms with Gasteiger partial charge < -0.3 is 9.73 Å². The van der Waals surface area contributed by atoms with Gasteiger partial charge in [-0.25, -0.2) is 13.1 Å². The minimum Gasteiger partial charge on any atom is -0.451 e. The van der Waals surface area contributed by atoms with Crippen molar-refractivity contribution in [2.75, 3.05) is 18.8 Å². The van der Waals surface area contributed by atoms with Crippen molar-refractivity contribution in [2.45, 2.75) is 6.92 Å². The number of halogens is 1. The zero-order valence-corrected chi connectivity index (χ0v) is 14.1. The van der Waals surface area contributed by atoms with Gasteiger partial charge in [0.2, 0.25) is 10.0 Å². The van der Waals surface area contributed by atoms with E-state index in [1.165, 1.54) is 0 Å². The maximum Gasteiger partial charge on any atom is 0.287 e. The lowest BCUT2D eigenvalue weighted by Gasteiger charge is -2.05. The molecule has 2 aromatic rings. The molecule has 2 N–H and O–H groups in total. The Morgan fingerprint density at radius 2 is 1.83 bits per heavy atom. The van der Waals surface area contributed by atoms with E-state index in [1.54, 1.807) is 43.3 Å². The van der Waals surface area contributed by atoms with Crippen molar-refractivity contribution in [3.63, 3.8) is 0 Å². The van der Waals surface area contributed by atoms with Crippen molar-refractivity contribution in [1.82, 2.24) is 10.0 Å². The first-order chi connectivity index (χ1) is 10.9. The number of carbonyl (C=O) groups is 1. The molecule has 0 aliphatic heterocycles. The van der Waals surface area contributed by atoms with Crippen LogP contribution in [0.15, 0.2) is 40.8 Å². The van der Waals surface area contributed by atoms with Crippen LogP contribution in [0, 0.1) is 0 Å². The molecule has 0 saturated carbocycles. The van der Waals surface area contributed by atoms with E-state index in [1.807, 2.05) is 0 Å². The molecule has 0 radical (unpaired) electrons. The third-order valence-electron chi connectivity index (χ3n) is 3.07. The topological polar surface area (TPSA) is 88.4 Å². The van der Waals surface area contributed by atoms with Gasteiger partial charge in [0.15, 0.2) is 5.76 Å². The predicted octanol–water partition coefficient (Wildman–Crippen LogP) is 2.27. The van der Waals surface area contributed by atoms with Crippen LogP contribution in [-0.2, 0) is 10.0 Å². The molecule has 0 saturated heterocycles. The van der Waals surface area contributed by atoms with E-state index in [0.717, 1.165) is 5.56 Å². The van der Waals surface area contributed by atoms with Gasteiger partial charge in [-0.1, -0.05) is 11.6 Å². The summed E-state index contributed by atoms with van der Waals surface area (Å²) in [5.41, 5.74) is 0.809. The van der Waals surface area contributed by atoms with Gasteiger partial charge in [-0.3, -0.25) is 4.79 Å². The summed E-state index contributed by atoms with van der Waals surface area (Å²) >= 11 is 5.82. The number of carbonyl (C=O) groups excluding carboxylic acids is 1. The zero-order chi connectivity index (χ0) is 16.9. The van der Waals surface area contributed by atoms with Crippen LogP contribution >= 0.6 is 11.6 Å². The maximum absolute atomic E-state index is 11.9. The lowest BCUT2D eigenvalue weighted by molar-refractivity contribution is 0.0927. The van der Waals surface area contributed by atoms with Gasteiger partial charge in [-0.2, -0.15) is 0 Å². The highest BCUT2D eigenvalue weighted by Crippen LogP contribution is 2.23. The fourth-order valence-corrected chi connectivity index (χ4v) is 2.54. The fraction of sp³-hybridized carbons (Fsp3) is 0.267. The molecule has 0 atom stereocenters. The predicted molar refractivity (Wildman–Crippen MR) is 89.0 cm³/mol. The molecular weight excluding hydrogens is 340 g/mol. The van der Waals surface area contributed by atoms with Crippen LogP contribution in [-0.4, -0.2) is 33.2 Å². The minimum absolute atomic E-state index is 0.00355. The Bertz CT molecular complexity index is 769. The molecule has 1 aromatic carbocycles. The Morgan fingerprint density at radius 3 is 2.48 bits per heavy atom. The first-order valence-electron chi connectivity index (χ1n) is 7.02. The highest BCUT2D eigenvalue weighted by atomic mass is 35.5. The first-order valence-corrected chi connectivity index (χ1v) is 9.05. The molecule has 23 heavy (non-hydrogen) atoms. The molecular formula is C15H17ClN2O4S. The van der Waals surface area contributed by atoms with E-state index in [-0.39, 0.29) is 24.6 Å². The summed E-state index contributed by atoms with van der Waals surface area (Å²) in [6, 6.07) is 10.3. The summed E-state index contributed by atoms with van der Waals surface area (Å²) in [6.45, 7) is 1.85. The number of nitrogens with one attached hydrogen (secondary N) is 2. The Kier molecular flexibility index (Phi) is 5.81. The van der Waals surface area contributed by atoms with Crippen molar-refractivity contribution in [3.05, 3.63) is 47.2 Å². The fourth-order valence-electron chi connectivity index (χ4n) is 1.80. The molecule has 6 nitrogen and oxygen atoms in total. The molecule has 2 rings (SSSR count). The Labute approximate surface area is 139 Å². The second kappa shape index (κ2) is 7.63. The average molecular weight is 357 g/mol. The lowest BCUT2D eigenvalue weighted by atomic mass is 10.2. The van der Waals surface area contributed by atoms with Crippen LogP contribution in [0.2, 0.25) is 5.02 Å². The SMILES string of the molecule is CCS(=O)(=O)NCCNC(=O)c1ccc(-c2ccc(Cl)cc2)o1. The Balaban J connectivity index is 1.90. The van der Waals surface area contributed by atoms with Crippen molar-refractivity contribution in [3.8, 4) is 11.3 Å². The Morgan fingerprint density at radius 1 is 1.13 bits per heavy atom. The van der Waals surface area contributed by atoms with Crippen LogP contribution < -0.4 is 10.0 Å². The smallest absolute Gasteiger partial charge is 0.287 e. The van der Waals surface area contributed by atoms with Crippen molar-refractivity contribution in [1.29, 1.82) is 0 Å². The summed E-state index contributed by atoms with van der Waals surface area (Å²) in [7, 11) is -3.25. The monoisotopic (exact) mass is 356 g/mol. The number of hydrogen-bond acceptors (Lipinski definition) is 4.